The van der Waals surface area contributed by atoms with E-state index >= 15 is 0 Å². The monoisotopic (exact) mass is 398 g/mol. The van der Waals surface area contributed by atoms with Gasteiger partial charge in [-0.1, -0.05) is 18.2 Å². The van der Waals surface area contributed by atoms with E-state index in [0.29, 0.717) is 30.8 Å². The van der Waals surface area contributed by atoms with E-state index < -0.39 is 24.5 Å². The lowest BCUT2D eigenvalue weighted by Crippen LogP contribution is -2.38. The standard InChI is InChI=1S/C18H21F3N4O3/c19-18(20,21)12-22-16(26)13-6-7-15-23-25(17(27)24(15)9-8-13)10-11-28-14-4-2-1-3-5-14/h1-5,13H,6-12H2,(H,22,26). The first-order valence-electron chi connectivity index (χ1n) is 9.02. The highest BCUT2D eigenvalue weighted by molar-refractivity contribution is 5.78. The second-order valence-corrected chi connectivity index (χ2v) is 6.59. The van der Waals surface area contributed by atoms with E-state index in [1.807, 2.05) is 35.6 Å². The Morgan fingerprint density at radius 1 is 1.25 bits per heavy atom. The number of nitrogens with zero attached hydrogens (tertiary/aromatic N) is 3. The number of nitrogens with one attached hydrogen (secondary N) is 1. The Labute approximate surface area is 159 Å². The molecule has 10 heteroatoms. The van der Waals surface area contributed by atoms with Gasteiger partial charge in [-0.3, -0.25) is 9.36 Å². The van der Waals surface area contributed by atoms with E-state index in [1.165, 1.54) is 9.25 Å². The van der Waals surface area contributed by atoms with Crippen LogP contribution in [0, 0.1) is 5.92 Å². The predicted octanol–water partition coefficient (Wildman–Crippen LogP) is 1.75. The van der Waals surface area contributed by atoms with Gasteiger partial charge in [0.15, 0.2) is 0 Å². The van der Waals surface area contributed by atoms with Gasteiger partial charge < -0.3 is 10.1 Å². The maximum absolute atomic E-state index is 12.5. The molecule has 3 rings (SSSR count). The van der Waals surface area contributed by atoms with Crippen LogP contribution in [0.5, 0.6) is 5.75 Å². The number of halogens is 3. The number of hydrogen-bond donors (Lipinski definition) is 1. The first-order chi connectivity index (χ1) is 13.3. The molecule has 0 bridgehead atoms. The molecule has 0 fully saturated rings. The van der Waals surface area contributed by atoms with Crippen LogP contribution in [0.1, 0.15) is 18.7 Å². The van der Waals surface area contributed by atoms with Crippen molar-refractivity contribution in [3.63, 3.8) is 0 Å². The summed E-state index contributed by atoms with van der Waals surface area (Å²) in [6.45, 7) is -0.537. The topological polar surface area (TPSA) is 78.2 Å². The van der Waals surface area contributed by atoms with E-state index in [2.05, 4.69) is 5.10 Å². The quantitative estimate of drug-likeness (QED) is 0.804. The fourth-order valence-corrected chi connectivity index (χ4v) is 3.13. The fourth-order valence-electron chi connectivity index (χ4n) is 3.13. The van der Waals surface area contributed by atoms with Gasteiger partial charge in [-0.2, -0.15) is 18.3 Å². The zero-order valence-corrected chi connectivity index (χ0v) is 15.1. The van der Waals surface area contributed by atoms with E-state index in [-0.39, 0.29) is 25.4 Å². The van der Waals surface area contributed by atoms with Crippen LogP contribution in [-0.2, 0) is 24.3 Å². The highest BCUT2D eigenvalue weighted by Gasteiger charge is 2.31. The van der Waals surface area contributed by atoms with Crippen LogP contribution in [-0.4, -0.2) is 39.6 Å². The molecule has 1 aromatic carbocycles. The summed E-state index contributed by atoms with van der Waals surface area (Å²) in [6, 6.07) is 9.20. The summed E-state index contributed by atoms with van der Waals surface area (Å²) < 4.78 is 45.1. The molecule has 1 aliphatic heterocycles. The van der Waals surface area contributed by atoms with Gasteiger partial charge in [0.05, 0.1) is 6.54 Å². The van der Waals surface area contributed by atoms with Crippen LogP contribution in [0.2, 0.25) is 0 Å². The lowest BCUT2D eigenvalue weighted by molar-refractivity contribution is -0.141. The Morgan fingerprint density at radius 2 is 2.00 bits per heavy atom. The first-order valence-corrected chi connectivity index (χ1v) is 9.02. The van der Waals surface area contributed by atoms with Gasteiger partial charge in [-0.15, -0.1) is 0 Å². The third kappa shape index (κ3) is 5.14. The highest BCUT2D eigenvalue weighted by atomic mass is 19.4. The molecule has 0 saturated heterocycles. The van der Waals surface area contributed by atoms with Gasteiger partial charge >= 0.3 is 11.9 Å². The van der Waals surface area contributed by atoms with E-state index in [0.717, 1.165) is 0 Å². The molecule has 1 unspecified atom stereocenters. The average molecular weight is 398 g/mol. The summed E-state index contributed by atoms with van der Waals surface area (Å²) in [6.07, 6.45) is -3.45. The Kier molecular flexibility index (Phi) is 6.05. The lowest BCUT2D eigenvalue weighted by atomic mass is 9.99. The number of hydrogen-bond acceptors (Lipinski definition) is 4. The molecule has 1 aliphatic rings. The highest BCUT2D eigenvalue weighted by Crippen LogP contribution is 2.19. The smallest absolute Gasteiger partial charge is 0.405 e. The largest absolute Gasteiger partial charge is 0.492 e. The number of alkyl halides is 3. The number of aromatic nitrogens is 3. The van der Waals surface area contributed by atoms with Crippen molar-refractivity contribution in [1.29, 1.82) is 0 Å². The lowest BCUT2D eigenvalue weighted by Gasteiger charge is -2.15. The molecule has 28 heavy (non-hydrogen) atoms. The number of fused-ring (bicyclic) bond motifs is 1. The summed E-state index contributed by atoms with van der Waals surface area (Å²) in [7, 11) is 0. The molecule has 0 saturated carbocycles. The van der Waals surface area contributed by atoms with Crippen molar-refractivity contribution < 1.29 is 22.7 Å². The Balaban J connectivity index is 1.55. The van der Waals surface area contributed by atoms with Gasteiger partial charge in [0, 0.05) is 18.9 Å². The second-order valence-electron chi connectivity index (χ2n) is 6.59. The molecule has 0 aliphatic carbocycles. The SMILES string of the molecule is O=C(NCC(F)(F)F)C1CCc2nn(CCOc3ccccc3)c(=O)n2CC1. The molecule has 7 nitrogen and oxygen atoms in total. The van der Waals surface area contributed by atoms with E-state index in [4.69, 9.17) is 4.74 Å². The van der Waals surface area contributed by atoms with E-state index in [9.17, 15) is 22.8 Å². The first kappa shape index (κ1) is 20.0. The van der Waals surface area contributed by atoms with Crippen molar-refractivity contribution in [2.24, 2.45) is 5.92 Å². The van der Waals surface area contributed by atoms with Crippen molar-refractivity contribution in [2.45, 2.75) is 38.5 Å². The summed E-state index contributed by atoms with van der Waals surface area (Å²) in [4.78, 5) is 24.5. The van der Waals surface area contributed by atoms with Crippen LogP contribution >= 0.6 is 0 Å². The van der Waals surface area contributed by atoms with Gasteiger partial charge in [0.1, 0.15) is 24.7 Å². The Bertz CT molecular complexity index is 861. The molecule has 1 amide bonds. The zero-order valence-electron chi connectivity index (χ0n) is 15.1. The number of carbonyl (C=O) groups is 1. The van der Waals surface area contributed by atoms with Crippen molar-refractivity contribution in [2.75, 3.05) is 13.2 Å². The molecule has 1 N–H and O–H groups in total. The Hall–Kier alpha value is -2.78. The van der Waals surface area contributed by atoms with E-state index in [1.54, 1.807) is 0 Å². The number of ether oxygens (including phenoxy) is 1. The minimum atomic E-state index is -4.44. The van der Waals surface area contributed by atoms with Crippen LogP contribution in [0.3, 0.4) is 0 Å². The van der Waals surface area contributed by atoms with Crippen molar-refractivity contribution in [3.05, 3.63) is 46.6 Å². The number of aryl methyl sites for hydroxylation is 1. The molecule has 2 aromatic rings. The molecule has 152 valence electrons. The van der Waals surface area contributed by atoms with Crippen molar-refractivity contribution in [1.82, 2.24) is 19.7 Å². The number of para-hydroxylation sites is 1. The maximum atomic E-state index is 12.5. The van der Waals surface area contributed by atoms with Gasteiger partial charge in [-0.25, -0.2) is 9.48 Å². The third-order valence-electron chi connectivity index (χ3n) is 4.57. The predicted molar refractivity (Wildman–Crippen MR) is 93.9 cm³/mol. The van der Waals surface area contributed by atoms with Gasteiger partial charge in [0.25, 0.3) is 0 Å². The second kappa shape index (κ2) is 8.49. The van der Waals surface area contributed by atoms with Crippen LogP contribution in [0.4, 0.5) is 13.2 Å². The van der Waals surface area contributed by atoms with Crippen molar-refractivity contribution >= 4 is 5.91 Å². The van der Waals surface area contributed by atoms with Crippen molar-refractivity contribution in [3.8, 4) is 5.75 Å². The third-order valence-corrected chi connectivity index (χ3v) is 4.57. The zero-order chi connectivity index (χ0) is 20.1. The number of carbonyl (C=O) groups excluding carboxylic acids is 1. The molecule has 1 aromatic heterocycles. The van der Waals surface area contributed by atoms with Gasteiger partial charge in [0.2, 0.25) is 5.91 Å². The fraction of sp³-hybridized carbons (Fsp3) is 0.500. The van der Waals surface area contributed by atoms with Gasteiger partial charge in [-0.05, 0) is 25.0 Å². The molecule has 0 spiro atoms. The minimum Gasteiger partial charge on any atom is -0.492 e. The summed E-state index contributed by atoms with van der Waals surface area (Å²) in [5, 5.41) is 6.21. The van der Waals surface area contributed by atoms with Crippen LogP contribution < -0.4 is 15.7 Å². The summed E-state index contributed by atoms with van der Waals surface area (Å²) in [5.41, 5.74) is -0.303. The molecule has 1 atom stereocenters. The average Bonchev–Trinajstić information content (AvgIpc) is 2.82. The molecule has 2 heterocycles. The Morgan fingerprint density at radius 3 is 2.71 bits per heavy atom. The summed E-state index contributed by atoms with van der Waals surface area (Å²) in [5.74, 6) is 0.0258. The maximum Gasteiger partial charge on any atom is 0.405 e. The number of benzene rings is 1. The van der Waals surface area contributed by atoms with Crippen LogP contribution in [0.25, 0.3) is 0 Å². The number of rotatable bonds is 6. The molecular formula is C18H21F3N4O3. The minimum absolute atomic E-state index is 0.248. The normalized spacial score (nSPS) is 16.9. The molecule has 0 radical (unpaired) electrons. The number of amides is 1. The van der Waals surface area contributed by atoms with Crippen LogP contribution in [0.15, 0.2) is 35.1 Å². The molecular weight excluding hydrogens is 377 g/mol. The summed E-state index contributed by atoms with van der Waals surface area (Å²) >= 11 is 0.